The van der Waals surface area contributed by atoms with Crippen LogP contribution in [0.2, 0.25) is 0 Å². The van der Waals surface area contributed by atoms with Gasteiger partial charge in [0.1, 0.15) is 11.6 Å². The van der Waals surface area contributed by atoms with Crippen molar-refractivity contribution in [3.05, 3.63) is 175 Å². The number of aliphatic imine (C=N–C) groups is 1. The summed E-state index contributed by atoms with van der Waals surface area (Å²) in [5, 5.41) is 7.76. The van der Waals surface area contributed by atoms with Gasteiger partial charge in [-0.3, -0.25) is 14.9 Å². The first-order valence-electron chi connectivity index (χ1n) is 19.5. The minimum Gasteiger partial charge on any atom is -0.278 e. The first-order chi connectivity index (χ1) is 28.4. The quantitative estimate of drug-likeness (QED) is 0.0997. The highest BCUT2D eigenvalue weighted by Crippen LogP contribution is 2.53. The Kier molecular flexibility index (Phi) is 7.41. The summed E-state index contributed by atoms with van der Waals surface area (Å²) in [6.07, 6.45) is 5.50. The largest absolute Gasteiger partial charge is 0.278 e. The summed E-state index contributed by atoms with van der Waals surface area (Å²) in [7, 11) is 0. The topological polar surface area (TPSA) is 67.2 Å². The van der Waals surface area contributed by atoms with E-state index < -0.39 is 0 Å². The van der Waals surface area contributed by atoms with Crippen LogP contribution in [0.5, 0.6) is 0 Å². The molecule has 1 aliphatic rings. The first kappa shape index (κ1) is 33.7. The summed E-state index contributed by atoms with van der Waals surface area (Å²) in [5.41, 5.74) is 11.5. The maximum atomic E-state index is 5.36. The highest BCUT2D eigenvalue weighted by Gasteiger charge is 2.38. The van der Waals surface area contributed by atoms with Crippen molar-refractivity contribution in [1.29, 1.82) is 0 Å². The number of pyridine rings is 4. The molecule has 0 atom stereocenters. The summed E-state index contributed by atoms with van der Waals surface area (Å²) < 4.78 is 0. The van der Waals surface area contributed by atoms with Crippen LogP contribution in [0.3, 0.4) is 0 Å². The van der Waals surface area contributed by atoms with Crippen molar-refractivity contribution >= 4 is 90.1 Å². The first-order valence-corrected chi connectivity index (χ1v) is 19.5. The second-order valence-electron chi connectivity index (χ2n) is 15.4. The van der Waals surface area contributed by atoms with Crippen LogP contribution >= 0.6 is 0 Å². The Morgan fingerprint density at radius 3 is 1.97 bits per heavy atom. The summed E-state index contributed by atoms with van der Waals surface area (Å²) in [6, 6.07) is 49.4. The zero-order valence-corrected chi connectivity index (χ0v) is 32.1. The third-order valence-corrected chi connectivity index (χ3v) is 12.0. The molecule has 0 radical (unpaired) electrons. The maximum absolute atomic E-state index is 5.36. The molecule has 10 aromatic rings. The van der Waals surface area contributed by atoms with E-state index in [0.29, 0.717) is 0 Å². The fourth-order valence-electron chi connectivity index (χ4n) is 9.15. The van der Waals surface area contributed by atoms with Crippen LogP contribution in [0.25, 0.3) is 82.7 Å². The molecule has 6 heteroatoms. The Hall–Kier alpha value is -7.57. The van der Waals surface area contributed by atoms with Crippen LogP contribution in [0.4, 0.5) is 23.0 Å². The van der Waals surface area contributed by atoms with Crippen LogP contribution in [0.1, 0.15) is 30.5 Å². The molecule has 0 saturated carbocycles. The number of nitrogens with zero attached hydrogens (tertiary/aromatic N) is 6. The molecule has 0 N–H and O–H groups in total. The molecule has 0 amide bonds. The summed E-state index contributed by atoms with van der Waals surface area (Å²) in [6.45, 7) is 12.5. The van der Waals surface area contributed by atoms with Crippen molar-refractivity contribution in [3.63, 3.8) is 0 Å². The van der Waals surface area contributed by atoms with Crippen molar-refractivity contribution in [2.24, 2.45) is 4.99 Å². The van der Waals surface area contributed by atoms with Gasteiger partial charge in [-0.15, -0.1) is 0 Å². The molecule has 58 heavy (non-hydrogen) atoms. The van der Waals surface area contributed by atoms with E-state index in [1.54, 1.807) is 6.08 Å². The van der Waals surface area contributed by atoms with Gasteiger partial charge in [-0.2, -0.15) is 0 Å². The van der Waals surface area contributed by atoms with E-state index in [2.05, 4.69) is 158 Å². The predicted octanol–water partition coefficient (Wildman–Crippen LogP) is 13.5. The van der Waals surface area contributed by atoms with Gasteiger partial charge < -0.3 is 0 Å². The second-order valence-corrected chi connectivity index (χ2v) is 15.4. The fraction of sp³-hybridized carbons (Fsp3) is 0.0577. The Labute approximate surface area is 335 Å². The third kappa shape index (κ3) is 4.88. The van der Waals surface area contributed by atoms with Crippen LogP contribution < -0.4 is 4.90 Å². The normalized spacial score (nSPS) is 13.2. The van der Waals surface area contributed by atoms with E-state index in [0.717, 1.165) is 94.4 Å². The number of aromatic nitrogens is 4. The van der Waals surface area contributed by atoms with Gasteiger partial charge in [0.25, 0.3) is 0 Å². The molecule has 5 heterocycles. The van der Waals surface area contributed by atoms with Crippen molar-refractivity contribution < 1.29 is 0 Å². The van der Waals surface area contributed by atoms with Gasteiger partial charge in [-0.25, -0.2) is 15.0 Å². The van der Waals surface area contributed by atoms with Crippen molar-refractivity contribution in [1.82, 2.24) is 19.9 Å². The van der Waals surface area contributed by atoms with E-state index in [4.69, 9.17) is 19.9 Å². The molecule has 1 aliphatic heterocycles. The zero-order chi connectivity index (χ0) is 39.1. The van der Waals surface area contributed by atoms with Gasteiger partial charge in [0, 0.05) is 50.7 Å². The van der Waals surface area contributed by atoms with Crippen LogP contribution in [0, 0.1) is 0 Å². The van der Waals surface area contributed by atoms with E-state index in [-0.39, 0.29) is 5.41 Å². The molecule has 0 unspecified atom stereocenters. The van der Waals surface area contributed by atoms with Crippen LogP contribution in [0.15, 0.2) is 163 Å². The van der Waals surface area contributed by atoms with Crippen molar-refractivity contribution in [2.45, 2.75) is 19.3 Å². The molecular formula is C52H36N6. The Bertz CT molecular complexity index is 3330. The van der Waals surface area contributed by atoms with Gasteiger partial charge in [-0.1, -0.05) is 124 Å². The SMILES string of the molecule is C=Cc1ccc2ccc(N3c4ccc(-c5c6ccccc6c(-c6ccc7ccc8cccnc8c7n6)c6ccccc56)cc4C(C)(C)c4cccnc43)nc2c1N=C. The minimum absolute atomic E-state index is 0.372. The number of fused-ring (bicyclic) bond motifs is 8. The summed E-state index contributed by atoms with van der Waals surface area (Å²) in [5.74, 6) is 1.62. The lowest BCUT2D eigenvalue weighted by Crippen LogP contribution is -2.31. The van der Waals surface area contributed by atoms with Crippen molar-refractivity contribution in [3.8, 4) is 22.4 Å². The molecule has 6 nitrogen and oxygen atoms in total. The molecule has 0 fully saturated rings. The number of benzene rings is 6. The molecule has 4 aromatic heterocycles. The second kappa shape index (κ2) is 12.7. The monoisotopic (exact) mass is 744 g/mol. The van der Waals surface area contributed by atoms with Gasteiger partial charge in [0.15, 0.2) is 0 Å². The molecule has 0 aliphatic carbocycles. The zero-order valence-electron chi connectivity index (χ0n) is 32.1. The highest BCUT2D eigenvalue weighted by molar-refractivity contribution is 6.21. The van der Waals surface area contributed by atoms with Crippen LogP contribution in [-0.2, 0) is 5.41 Å². The maximum Gasteiger partial charge on any atom is 0.142 e. The lowest BCUT2D eigenvalue weighted by molar-refractivity contribution is 0.627. The Balaban J connectivity index is 1.15. The van der Waals surface area contributed by atoms with Crippen LogP contribution in [-0.4, -0.2) is 26.7 Å². The number of anilines is 3. The molecule has 6 aromatic carbocycles. The Morgan fingerprint density at radius 2 is 1.22 bits per heavy atom. The smallest absolute Gasteiger partial charge is 0.142 e. The van der Waals surface area contributed by atoms with Gasteiger partial charge in [0.2, 0.25) is 0 Å². The average molecular weight is 745 g/mol. The minimum atomic E-state index is -0.372. The molecule has 0 bridgehead atoms. The number of hydrogen-bond acceptors (Lipinski definition) is 6. The fourth-order valence-corrected chi connectivity index (χ4v) is 9.15. The summed E-state index contributed by atoms with van der Waals surface area (Å²) >= 11 is 0. The third-order valence-electron chi connectivity index (χ3n) is 12.0. The lowest BCUT2D eigenvalue weighted by Gasteiger charge is -2.40. The standard InChI is InChI=1S/C52H36N6/c1-5-31-18-19-34-24-27-44(57-49(34)47(31)53-4)58-43-26-23-35(30-41(43)52(2,3)40-17-11-29-55-51(40)58)45-36-13-6-8-15-38(36)46(39-16-9-7-14-37(39)45)42-25-22-33-21-20-32-12-10-28-54-48(32)50(33)56-42/h5-30H,1,4H2,2-3H3. The van der Waals surface area contributed by atoms with Crippen molar-refractivity contribution in [2.75, 3.05) is 4.90 Å². The lowest BCUT2D eigenvalue weighted by atomic mass is 9.73. The predicted molar refractivity (Wildman–Crippen MR) is 242 cm³/mol. The van der Waals surface area contributed by atoms with E-state index in [1.807, 2.05) is 30.6 Å². The molecule has 274 valence electrons. The average Bonchev–Trinajstić information content (AvgIpc) is 3.27. The molecule has 0 saturated heterocycles. The molecular weight excluding hydrogens is 709 g/mol. The molecule has 11 rings (SSSR count). The highest BCUT2D eigenvalue weighted by atomic mass is 15.3. The number of hydrogen-bond donors (Lipinski definition) is 0. The molecule has 0 spiro atoms. The van der Waals surface area contributed by atoms with E-state index in [1.165, 1.54) is 21.9 Å². The van der Waals surface area contributed by atoms with E-state index >= 15 is 0 Å². The van der Waals surface area contributed by atoms with E-state index in [9.17, 15) is 0 Å². The Morgan fingerprint density at radius 1 is 0.586 bits per heavy atom. The number of rotatable bonds is 5. The van der Waals surface area contributed by atoms with Gasteiger partial charge in [0.05, 0.1) is 33.6 Å². The van der Waals surface area contributed by atoms with Gasteiger partial charge >= 0.3 is 0 Å². The summed E-state index contributed by atoms with van der Waals surface area (Å²) in [4.78, 5) is 26.9. The van der Waals surface area contributed by atoms with Gasteiger partial charge in [-0.05, 0) is 87.4 Å².